The van der Waals surface area contributed by atoms with E-state index in [-0.39, 0.29) is 17.5 Å². The van der Waals surface area contributed by atoms with Gasteiger partial charge in [0.15, 0.2) is 0 Å². The lowest BCUT2D eigenvalue weighted by molar-refractivity contribution is -0.124. The SMILES string of the molecule is CC(NCC(C)(O)CN(C)C)C(=O)NC(C)(C)C. The molecule has 0 fully saturated rings. The van der Waals surface area contributed by atoms with Crippen LogP contribution in [0.1, 0.15) is 34.6 Å². The molecule has 0 rings (SSSR count). The van der Waals surface area contributed by atoms with E-state index in [2.05, 4.69) is 10.6 Å². The van der Waals surface area contributed by atoms with Crippen LogP contribution >= 0.6 is 0 Å². The molecule has 0 aromatic rings. The van der Waals surface area contributed by atoms with Gasteiger partial charge in [-0.3, -0.25) is 4.79 Å². The number of amides is 1. The highest BCUT2D eigenvalue weighted by Crippen LogP contribution is 2.04. The highest BCUT2D eigenvalue weighted by Gasteiger charge is 2.24. The Hall–Kier alpha value is -0.650. The summed E-state index contributed by atoms with van der Waals surface area (Å²) in [6.07, 6.45) is 0. The van der Waals surface area contributed by atoms with E-state index in [1.165, 1.54) is 0 Å². The van der Waals surface area contributed by atoms with Crippen LogP contribution in [0.4, 0.5) is 0 Å². The smallest absolute Gasteiger partial charge is 0.237 e. The molecule has 108 valence electrons. The summed E-state index contributed by atoms with van der Waals surface area (Å²) >= 11 is 0. The first-order chi connectivity index (χ1) is 7.93. The van der Waals surface area contributed by atoms with Gasteiger partial charge in [0.2, 0.25) is 5.91 Å². The number of hydrogen-bond acceptors (Lipinski definition) is 4. The van der Waals surface area contributed by atoms with Crippen LogP contribution in [0.15, 0.2) is 0 Å². The minimum atomic E-state index is -0.847. The zero-order chi connectivity index (χ0) is 14.6. The Morgan fingerprint density at radius 1 is 1.28 bits per heavy atom. The van der Waals surface area contributed by atoms with Gasteiger partial charge in [-0.25, -0.2) is 0 Å². The van der Waals surface area contributed by atoms with Gasteiger partial charge in [-0.05, 0) is 48.7 Å². The van der Waals surface area contributed by atoms with Crippen molar-refractivity contribution < 1.29 is 9.90 Å². The Morgan fingerprint density at radius 3 is 2.17 bits per heavy atom. The van der Waals surface area contributed by atoms with Gasteiger partial charge in [-0.15, -0.1) is 0 Å². The van der Waals surface area contributed by atoms with Crippen molar-refractivity contribution in [2.75, 3.05) is 27.2 Å². The third-order valence-corrected chi connectivity index (χ3v) is 2.34. The zero-order valence-corrected chi connectivity index (χ0v) is 12.8. The van der Waals surface area contributed by atoms with Gasteiger partial charge in [0, 0.05) is 18.6 Å². The first-order valence-corrected chi connectivity index (χ1v) is 6.35. The van der Waals surface area contributed by atoms with Crippen LogP contribution in [0.2, 0.25) is 0 Å². The van der Waals surface area contributed by atoms with Gasteiger partial charge in [0.1, 0.15) is 0 Å². The minimum Gasteiger partial charge on any atom is -0.388 e. The molecule has 5 heteroatoms. The normalized spacial score (nSPS) is 17.4. The first-order valence-electron chi connectivity index (χ1n) is 6.35. The standard InChI is InChI=1S/C13H29N3O2/c1-10(11(17)15-12(2,3)4)14-8-13(5,18)9-16(6)7/h10,14,18H,8-9H2,1-7H3,(H,15,17). The van der Waals surface area contributed by atoms with Crippen molar-refractivity contribution in [2.45, 2.75) is 51.8 Å². The average Bonchev–Trinajstić information content (AvgIpc) is 2.09. The topological polar surface area (TPSA) is 64.6 Å². The van der Waals surface area contributed by atoms with Crippen LogP contribution < -0.4 is 10.6 Å². The largest absolute Gasteiger partial charge is 0.388 e. The highest BCUT2D eigenvalue weighted by molar-refractivity contribution is 5.81. The Morgan fingerprint density at radius 2 is 1.78 bits per heavy atom. The predicted molar refractivity (Wildman–Crippen MR) is 74.5 cm³/mol. The molecule has 0 bridgehead atoms. The fraction of sp³-hybridized carbons (Fsp3) is 0.923. The van der Waals surface area contributed by atoms with Crippen LogP contribution in [0.5, 0.6) is 0 Å². The molecule has 0 heterocycles. The summed E-state index contributed by atoms with van der Waals surface area (Å²) in [4.78, 5) is 13.8. The monoisotopic (exact) mass is 259 g/mol. The quantitative estimate of drug-likeness (QED) is 0.637. The summed E-state index contributed by atoms with van der Waals surface area (Å²) in [5, 5.41) is 16.1. The maximum atomic E-state index is 11.8. The molecule has 0 saturated heterocycles. The third kappa shape index (κ3) is 8.44. The number of rotatable bonds is 6. The number of nitrogens with one attached hydrogen (secondary N) is 2. The molecule has 2 unspecified atom stereocenters. The maximum Gasteiger partial charge on any atom is 0.237 e. The molecule has 5 nitrogen and oxygen atoms in total. The van der Waals surface area contributed by atoms with Gasteiger partial charge >= 0.3 is 0 Å². The fourth-order valence-electron chi connectivity index (χ4n) is 1.68. The number of nitrogens with zero attached hydrogens (tertiary/aromatic N) is 1. The van der Waals surface area contributed by atoms with Crippen LogP contribution in [0, 0.1) is 0 Å². The van der Waals surface area contributed by atoms with E-state index < -0.39 is 5.60 Å². The summed E-state index contributed by atoms with van der Waals surface area (Å²) < 4.78 is 0. The second-order valence-corrected chi connectivity index (χ2v) is 6.58. The number of aliphatic hydroxyl groups is 1. The second-order valence-electron chi connectivity index (χ2n) is 6.58. The molecule has 0 radical (unpaired) electrons. The average molecular weight is 259 g/mol. The van der Waals surface area contributed by atoms with E-state index in [1.54, 1.807) is 13.8 Å². The number of likely N-dealkylation sites (N-methyl/N-ethyl adjacent to an activating group) is 1. The van der Waals surface area contributed by atoms with Crippen molar-refractivity contribution in [1.82, 2.24) is 15.5 Å². The number of carbonyl (C=O) groups is 1. The molecule has 0 aliphatic heterocycles. The first kappa shape index (κ1) is 17.4. The van der Waals surface area contributed by atoms with Crippen molar-refractivity contribution in [3.8, 4) is 0 Å². The van der Waals surface area contributed by atoms with Gasteiger partial charge in [0.25, 0.3) is 0 Å². The minimum absolute atomic E-state index is 0.0526. The third-order valence-electron chi connectivity index (χ3n) is 2.34. The van der Waals surface area contributed by atoms with Crippen molar-refractivity contribution in [1.29, 1.82) is 0 Å². The van der Waals surface area contributed by atoms with Crippen molar-refractivity contribution in [2.24, 2.45) is 0 Å². The molecular weight excluding hydrogens is 230 g/mol. The molecule has 0 aliphatic rings. The molecule has 0 spiro atoms. The fourth-order valence-corrected chi connectivity index (χ4v) is 1.68. The highest BCUT2D eigenvalue weighted by atomic mass is 16.3. The van der Waals surface area contributed by atoms with Crippen LogP contribution in [0.3, 0.4) is 0 Å². The summed E-state index contributed by atoms with van der Waals surface area (Å²) in [6, 6.07) is -0.321. The summed E-state index contributed by atoms with van der Waals surface area (Å²) in [5.74, 6) is -0.0526. The van der Waals surface area contributed by atoms with Crippen LogP contribution in [0.25, 0.3) is 0 Å². The molecule has 0 aliphatic carbocycles. The molecule has 2 atom stereocenters. The molecule has 1 amide bonds. The van der Waals surface area contributed by atoms with E-state index in [0.717, 1.165) is 0 Å². The number of hydrogen-bond donors (Lipinski definition) is 3. The van der Waals surface area contributed by atoms with Crippen LogP contribution in [-0.2, 0) is 4.79 Å². The lowest BCUT2D eigenvalue weighted by Crippen LogP contribution is -2.53. The Kier molecular flexibility index (Phi) is 6.26. The van der Waals surface area contributed by atoms with E-state index in [0.29, 0.717) is 13.1 Å². The molecule has 18 heavy (non-hydrogen) atoms. The maximum absolute atomic E-state index is 11.8. The Labute approximate surface area is 111 Å². The molecule has 0 aromatic heterocycles. The zero-order valence-electron chi connectivity index (χ0n) is 12.8. The second kappa shape index (κ2) is 6.50. The predicted octanol–water partition coefficient (Wildman–Crippen LogP) is 0.192. The van der Waals surface area contributed by atoms with E-state index >= 15 is 0 Å². The van der Waals surface area contributed by atoms with E-state index in [9.17, 15) is 9.90 Å². The summed E-state index contributed by atoms with van der Waals surface area (Å²) in [7, 11) is 3.81. The lowest BCUT2D eigenvalue weighted by Gasteiger charge is -2.29. The molecule has 3 N–H and O–H groups in total. The Bertz CT molecular complexity index is 270. The number of carbonyl (C=O) groups excluding carboxylic acids is 1. The van der Waals surface area contributed by atoms with Gasteiger partial charge in [0.05, 0.1) is 11.6 Å². The van der Waals surface area contributed by atoms with E-state index in [4.69, 9.17) is 0 Å². The van der Waals surface area contributed by atoms with Gasteiger partial charge in [-0.1, -0.05) is 0 Å². The van der Waals surface area contributed by atoms with E-state index in [1.807, 2.05) is 39.8 Å². The summed E-state index contributed by atoms with van der Waals surface area (Å²) in [5.41, 5.74) is -1.08. The molecule has 0 saturated carbocycles. The molecule has 0 aromatic carbocycles. The van der Waals surface area contributed by atoms with Crippen molar-refractivity contribution >= 4 is 5.91 Å². The summed E-state index contributed by atoms with van der Waals surface area (Å²) in [6.45, 7) is 10.3. The van der Waals surface area contributed by atoms with Crippen molar-refractivity contribution in [3.05, 3.63) is 0 Å². The lowest BCUT2D eigenvalue weighted by atomic mass is 10.1. The van der Waals surface area contributed by atoms with Crippen molar-refractivity contribution in [3.63, 3.8) is 0 Å². The van der Waals surface area contributed by atoms with Gasteiger partial charge in [-0.2, -0.15) is 0 Å². The Balaban J connectivity index is 4.17. The van der Waals surface area contributed by atoms with Gasteiger partial charge < -0.3 is 20.6 Å². The molecular formula is C13H29N3O2. The van der Waals surface area contributed by atoms with Crippen LogP contribution in [-0.4, -0.2) is 60.3 Å².